The molecule has 8 heteroatoms. The maximum absolute atomic E-state index is 10.6. The molecule has 3 nitrogen and oxygen atoms in total. The lowest BCUT2D eigenvalue weighted by atomic mass is 10.3. The zero-order valence-corrected chi connectivity index (χ0v) is 13.4. The minimum absolute atomic E-state index is 0.209. The molecule has 0 N–H and O–H groups in total. The molecule has 0 bridgehead atoms. The van der Waals surface area contributed by atoms with Gasteiger partial charge in [-0.2, -0.15) is 4.73 Å². The first kappa shape index (κ1) is 14.9. The number of pyridine rings is 1. The van der Waals surface area contributed by atoms with Gasteiger partial charge in [0.05, 0.1) is 0 Å². The van der Waals surface area contributed by atoms with E-state index in [1.807, 2.05) is 6.92 Å². The third-order valence-corrected chi connectivity index (χ3v) is 1.31. The minimum Gasteiger partial charge on any atom is -0.618 e. The Morgan fingerprint density at radius 2 is 1.86 bits per heavy atom. The lowest BCUT2D eigenvalue weighted by Gasteiger charge is -1.96. The van der Waals surface area contributed by atoms with E-state index in [2.05, 4.69) is 46.5 Å². The largest absolute Gasteiger partial charge is 0.618 e. The van der Waals surface area contributed by atoms with Crippen LogP contribution < -0.4 is 4.73 Å². The average molecular weight is 430 g/mol. The fraction of sp³-hybridized carbons (Fsp3) is 0.167. The van der Waals surface area contributed by atoms with Gasteiger partial charge in [0.2, 0.25) is 0 Å². The van der Waals surface area contributed by atoms with Crippen LogP contribution in [0.4, 0.5) is 0 Å². The molecule has 0 saturated heterocycles. The van der Waals surface area contributed by atoms with Crippen LogP contribution in [0, 0.1) is 12.1 Å². The molecule has 80 valence electrons. The summed E-state index contributed by atoms with van der Waals surface area (Å²) in [6.07, 6.45) is 1.43. The zero-order chi connectivity index (χ0) is 11.4. The van der Waals surface area contributed by atoms with Gasteiger partial charge < -0.3 is 5.21 Å². The molecule has 1 rings (SSSR count). The molecule has 0 saturated carbocycles. The van der Waals surface area contributed by atoms with Crippen LogP contribution in [0.5, 0.6) is 0 Å². The van der Waals surface area contributed by atoms with Crippen LogP contribution >= 0.6 is 61.3 Å². The van der Waals surface area contributed by atoms with Crippen molar-refractivity contribution in [3.63, 3.8) is 0 Å². The van der Waals surface area contributed by atoms with Crippen LogP contribution in [-0.4, -0.2) is 0 Å². The molecular weight excluding hydrogens is 424 g/mol. The molecule has 1 aromatic rings. The topological polar surface area (TPSA) is 44.0 Å². The number of aryl methyl sites for hydroxylation is 1. The second kappa shape index (κ2) is 6.48. The summed E-state index contributed by atoms with van der Waals surface area (Å²) in [5, 5.41) is 10.8. The first-order chi connectivity index (χ1) is 6.20. The van der Waals surface area contributed by atoms with Gasteiger partial charge in [0.1, 0.15) is 0 Å². The minimum atomic E-state index is -2.20. The molecule has 1 heterocycles. The first-order valence-corrected chi connectivity index (χ1v) is 11.4. The van der Waals surface area contributed by atoms with Gasteiger partial charge >= 0.3 is 0 Å². The number of hydrogen-bond acceptors (Lipinski definition) is 2. The normalized spacial score (nSPS) is 10.4. The maximum atomic E-state index is 10.6. The summed E-state index contributed by atoms with van der Waals surface area (Å²) in [7, 11) is 0. The van der Waals surface area contributed by atoms with E-state index in [0.29, 0.717) is 4.73 Å². The fourth-order valence-corrected chi connectivity index (χ4v) is 0.675. The molecular formula is C6H6Br3ClNO2P. The smallest absolute Gasteiger partial charge is 0.286 e. The number of nitrogens with zero attached hydrogens (tertiary/aromatic N) is 1. The van der Waals surface area contributed by atoms with Crippen LogP contribution in [0.15, 0.2) is 18.3 Å². The Morgan fingerprint density at radius 1 is 1.43 bits per heavy atom. The summed E-state index contributed by atoms with van der Waals surface area (Å²) in [4.78, 5) is 0. The van der Waals surface area contributed by atoms with Crippen LogP contribution in [0.3, 0.4) is 0 Å². The van der Waals surface area contributed by atoms with Crippen molar-refractivity contribution in [3.05, 3.63) is 34.3 Å². The van der Waals surface area contributed by atoms with Gasteiger partial charge in [0, 0.05) is 58.1 Å². The van der Waals surface area contributed by atoms with Crippen LogP contribution in [0.1, 0.15) is 5.56 Å². The van der Waals surface area contributed by atoms with E-state index in [-0.39, 0.29) is 5.15 Å². The monoisotopic (exact) mass is 427 g/mol. The molecule has 0 aromatic carbocycles. The molecule has 14 heavy (non-hydrogen) atoms. The molecule has 0 aliphatic rings. The highest BCUT2D eigenvalue weighted by atomic mass is 80.0. The highest BCUT2D eigenvalue weighted by molar-refractivity contribution is 9.94. The summed E-state index contributed by atoms with van der Waals surface area (Å²) in [5.41, 5.74) is 0.911. The molecule has 0 amide bonds. The van der Waals surface area contributed by atoms with Crippen molar-refractivity contribution >= 4 is 61.3 Å². The number of halogens is 4. The van der Waals surface area contributed by atoms with E-state index >= 15 is 0 Å². The third-order valence-electron chi connectivity index (χ3n) is 1.02. The molecule has 1 aromatic heterocycles. The summed E-state index contributed by atoms with van der Waals surface area (Å²) in [6.45, 7) is 1.84. The lowest BCUT2D eigenvalue weighted by molar-refractivity contribution is -0.603. The van der Waals surface area contributed by atoms with Crippen molar-refractivity contribution in [3.8, 4) is 0 Å². The Bertz CT molecular complexity index is 349. The van der Waals surface area contributed by atoms with E-state index in [1.165, 1.54) is 6.20 Å². The second-order valence-corrected chi connectivity index (χ2v) is 21.0. The van der Waals surface area contributed by atoms with Crippen molar-refractivity contribution in [2.45, 2.75) is 6.92 Å². The third kappa shape index (κ3) is 9.46. The Hall–Kier alpha value is 0.910. The highest BCUT2D eigenvalue weighted by Gasteiger charge is 2.00. The van der Waals surface area contributed by atoms with Gasteiger partial charge in [0.25, 0.3) is 8.40 Å². The van der Waals surface area contributed by atoms with Gasteiger partial charge in [-0.05, 0) is 24.6 Å². The number of hydrogen-bond donors (Lipinski definition) is 0. The van der Waals surface area contributed by atoms with Gasteiger partial charge in [-0.25, -0.2) is 0 Å². The average Bonchev–Trinajstić information content (AvgIpc) is 1.94. The van der Waals surface area contributed by atoms with E-state index in [0.717, 1.165) is 5.56 Å². The standard InChI is InChI=1S/C6H6ClNO.Br3OP/c1-5-2-3-6(7)8(9)4-5;1-5(2,3)4/h2-4H,1H3;. The van der Waals surface area contributed by atoms with Crippen molar-refractivity contribution in [2.75, 3.05) is 0 Å². The first-order valence-electron chi connectivity index (χ1n) is 3.24. The molecule has 0 radical (unpaired) electrons. The molecule has 0 fully saturated rings. The van der Waals surface area contributed by atoms with Crippen molar-refractivity contribution in [1.82, 2.24) is 0 Å². The SMILES string of the molecule is Cc1ccc(Cl)[n+]([O-])c1.O=P(Br)(Br)Br. The molecule has 0 unspecified atom stereocenters. The van der Waals surface area contributed by atoms with E-state index in [9.17, 15) is 9.77 Å². The van der Waals surface area contributed by atoms with E-state index in [1.54, 1.807) is 12.1 Å². The van der Waals surface area contributed by atoms with Crippen molar-refractivity contribution in [2.24, 2.45) is 0 Å². The summed E-state index contributed by atoms with van der Waals surface area (Å²) in [5.74, 6) is 0. The van der Waals surface area contributed by atoms with Gasteiger partial charge in [-0.15, -0.1) is 0 Å². The van der Waals surface area contributed by atoms with Crippen LogP contribution in [0.25, 0.3) is 0 Å². The Kier molecular flexibility index (Phi) is 6.90. The van der Waals surface area contributed by atoms with Gasteiger partial charge in [-0.3, -0.25) is 4.57 Å². The van der Waals surface area contributed by atoms with Crippen LogP contribution in [-0.2, 0) is 4.57 Å². The number of rotatable bonds is 0. The van der Waals surface area contributed by atoms with E-state index in [4.69, 9.17) is 11.6 Å². The molecule has 0 aliphatic carbocycles. The highest BCUT2D eigenvalue weighted by Crippen LogP contribution is 2.68. The fourth-order valence-electron chi connectivity index (χ4n) is 0.563. The summed E-state index contributed by atoms with van der Waals surface area (Å²) in [6, 6.07) is 3.36. The molecule has 0 atom stereocenters. The lowest BCUT2D eigenvalue weighted by Crippen LogP contribution is -2.26. The quantitative estimate of drug-likeness (QED) is 0.262. The maximum Gasteiger partial charge on any atom is 0.286 e. The van der Waals surface area contributed by atoms with Gasteiger partial charge in [0.15, 0.2) is 6.20 Å². The van der Waals surface area contributed by atoms with Crippen molar-refractivity contribution < 1.29 is 9.30 Å². The Labute approximate surface area is 111 Å². The predicted octanol–water partition coefficient (Wildman–Crippen LogP) is 4.56. The molecule has 0 aliphatic heterocycles. The van der Waals surface area contributed by atoms with Crippen LogP contribution in [0.2, 0.25) is 5.15 Å². The zero-order valence-electron chi connectivity index (χ0n) is 6.95. The Balaban J connectivity index is 0.000000292. The number of aromatic nitrogens is 1. The van der Waals surface area contributed by atoms with Crippen molar-refractivity contribution in [1.29, 1.82) is 0 Å². The summed E-state index contributed by atoms with van der Waals surface area (Å²) >= 11 is 13.7. The second-order valence-electron chi connectivity index (χ2n) is 2.25. The van der Waals surface area contributed by atoms with Gasteiger partial charge in [-0.1, -0.05) is 0 Å². The molecule has 0 spiro atoms. The Morgan fingerprint density at radius 3 is 2.14 bits per heavy atom. The van der Waals surface area contributed by atoms with E-state index < -0.39 is 3.25 Å². The summed E-state index contributed by atoms with van der Waals surface area (Å²) < 4.78 is 8.40. The predicted molar refractivity (Wildman–Crippen MR) is 69.5 cm³/mol.